The van der Waals surface area contributed by atoms with Gasteiger partial charge in [0.25, 0.3) is 0 Å². The highest BCUT2D eigenvalue weighted by molar-refractivity contribution is 6.35. The van der Waals surface area contributed by atoms with Crippen molar-refractivity contribution in [3.05, 3.63) is 54.0 Å². The number of rotatable bonds is 7. The molecule has 0 radical (unpaired) electrons. The highest BCUT2D eigenvalue weighted by Gasteiger charge is 2.29. The van der Waals surface area contributed by atoms with Gasteiger partial charge in [-0.15, -0.1) is 0 Å². The van der Waals surface area contributed by atoms with Gasteiger partial charge >= 0.3 is 11.8 Å². The maximum absolute atomic E-state index is 12.1. The Balaban J connectivity index is 1.67. The van der Waals surface area contributed by atoms with Crippen LogP contribution in [0, 0.1) is 0 Å². The average Bonchev–Trinajstić information content (AvgIpc) is 3.32. The summed E-state index contributed by atoms with van der Waals surface area (Å²) in [4.78, 5) is 26.1. The smallest absolute Gasteiger partial charge is 0.309 e. The molecule has 1 aromatic carbocycles. The lowest BCUT2D eigenvalue weighted by Crippen LogP contribution is -2.44. The number of nitrogens with one attached hydrogen (secondary N) is 2. The van der Waals surface area contributed by atoms with Crippen LogP contribution in [-0.2, 0) is 20.7 Å². The zero-order valence-corrected chi connectivity index (χ0v) is 14.7. The molecule has 1 atom stereocenters. The minimum Gasteiger partial charge on any atom is -0.467 e. The van der Waals surface area contributed by atoms with Gasteiger partial charge in [0.1, 0.15) is 11.8 Å². The molecule has 7 nitrogen and oxygen atoms in total. The number of furan rings is 1. The van der Waals surface area contributed by atoms with E-state index in [1.165, 1.54) is 12.7 Å². The van der Waals surface area contributed by atoms with Crippen molar-refractivity contribution in [3.8, 4) is 0 Å². The number of carbonyl (C=O) groups is 2. The van der Waals surface area contributed by atoms with Crippen LogP contribution >= 0.6 is 0 Å². The molecule has 1 unspecified atom stereocenters. The predicted molar refractivity (Wildman–Crippen MR) is 96.8 cm³/mol. The highest BCUT2D eigenvalue weighted by Crippen LogP contribution is 2.34. The van der Waals surface area contributed by atoms with Gasteiger partial charge in [-0.05, 0) is 30.2 Å². The van der Waals surface area contributed by atoms with Crippen molar-refractivity contribution in [2.24, 2.45) is 0 Å². The number of fused-ring (bicyclic) bond motifs is 1. The van der Waals surface area contributed by atoms with E-state index in [9.17, 15) is 9.59 Å². The van der Waals surface area contributed by atoms with Crippen LogP contribution in [0.1, 0.15) is 17.4 Å². The van der Waals surface area contributed by atoms with Crippen molar-refractivity contribution in [1.29, 1.82) is 0 Å². The summed E-state index contributed by atoms with van der Waals surface area (Å²) in [7, 11) is 1.54. The van der Waals surface area contributed by atoms with E-state index in [-0.39, 0.29) is 12.6 Å². The van der Waals surface area contributed by atoms with Crippen LogP contribution in [0.2, 0.25) is 0 Å². The summed E-state index contributed by atoms with van der Waals surface area (Å²) < 4.78 is 10.4. The maximum Gasteiger partial charge on any atom is 0.309 e. The molecule has 1 aliphatic rings. The van der Waals surface area contributed by atoms with E-state index in [1.807, 2.05) is 24.3 Å². The van der Waals surface area contributed by atoms with Gasteiger partial charge in [-0.25, -0.2) is 0 Å². The van der Waals surface area contributed by atoms with Crippen molar-refractivity contribution in [2.75, 3.05) is 38.3 Å². The topological polar surface area (TPSA) is 83.8 Å². The standard InChI is InChI=1S/C19H23N3O4/c1-25-12-9-20-18(23)19(24)21-13-16(17-7-4-11-26-17)22-10-8-14-5-2-3-6-15(14)22/h2-7,11,16H,8-10,12-13H2,1H3,(H,20,23)(H,21,24). The third kappa shape index (κ3) is 4.05. The van der Waals surface area contributed by atoms with Gasteiger partial charge in [-0.2, -0.15) is 0 Å². The van der Waals surface area contributed by atoms with E-state index in [2.05, 4.69) is 27.7 Å². The SMILES string of the molecule is COCCNC(=O)C(=O)NCC(c1ccco1)N1CCc2ccccc21. The van der Waals surface area contributed by atoms with E-state index < -0.39 is 11.8 Å². The molecular formula is C19H23N3O4. The first-order valence-corrected chi connectivity index (χ1v) is 8.63. The number of para-hydroxylation sites is 1. The Hall–Kier alpha value is -2.80. The first-order chi connectivity index (χ1) is 12.7. The van der Waals surface area contributed by atoms with Gasteiger partial charge in [0.05, 0.1) is 12.9 Å². The van der Waals surface area contributed by atoms with Crippen LogP contribution in [0.4, 0.5) is 5.69 Å². The van der Waals surface area contributed by atoms with Crippen LogP contribution < -0.4 is 15.5 Å². The van der Waals surface area contributed by atoms with Gasteiger partial charge in [0, 0.05) is 32.4 Å². The Morgan fingerprint density at radius 2 is 2.00 bits per heavy atom. The Kier molecular flexibility index (Phi) is 5.91. The number of anilines is 1. The maximum atomic E-state index is 12.1. The highest BCUT2D eigenvalue weighted by atomic mass is 16.5. The van der Waals surface area contributed by atoms with E-state index in [0.717, 1.165) is 24.4 Å². The molecule has 1 aliphatic heterocycles. The number of hydrogen-bond donors (Lipinski definition) is 2. The normalized spacial score (nSPS) is 14.0. The van der Waals surface area contributed by atoms with Gasteiger partial charge in [-0.1, -0.05) is 18.2 Å². The number of benzene rings is 1. The predicted octanol–water partition coefficient (Wildman–Crippen LogP) is 1.26. The Labute approximate surface area is 152 Å². The molecule has 2 N–H and O–H groups in total. The lowest BCUT2D eigenvalue weighted by atomic mass is 10.1. The van der Waals surface area contributed by atoms with Crippen molar-refractivity contribution < 1.29 is 18.7 Å². The molecular weight excluding hydrogens is 334 g/mol. The molecule has 2 heterocycles. The first-order valence-electron chi connectivity index (χ1n) is 8.63. The number of ether oxygens (including phenoxy) is 1. The molecule has 1 aromatic heterocycles. The number of amides is 2. The fourth-order valence-corrected chi connectivity index (χ4v) is 3.15. The molecule has 26 heavy (non-hydrogen) atoms. The summed E-state index contributed by atoms with van der Waals surface area (Å²) in [6.45, 7) is 1.77. The van der Waals surface area contributed by atoms with Gasteiger partial charge < -0.3 is 24.7 Å². The molecule has 7 heteroatoms. The summed E-state index contributed by atoms with van der Waals surface area (Å²) >= 11 is 0. The van der Waals surface area contributed by atoms with Gasteiger partial charge in [-0.3, -0.25) is 9.59 Å². The zero-order chi connectivity index (χ0) is 18.4. The fourth-order valence-electron chi connectivity index (χ4n) is 3.15. The van der Waals surface area contributed by atoms with E-state index in [0.29, 0.717) is 13.2 Å². The monoisotopic (exact) mass is 357 g/mol. The van der Waals surface area contributed by atoms with Gasteiger partial charge in [0.2, 0.25) is 0 Å². The Morgan fingerprint density at radius 1 is 1.19 bits per heavy atom. The number of nitrogens with zero attached hydrogens (tertiary/aromatic N) is 1. The first kappa shape index (κ1) is 18.0. The second-order valence-corrected chi connectivity index (χ2v) is 6.06. The van der Waals surface area contributed by atoms with Crippen LogP contribution in [0.3, 0.4) is 0 Å². The summed E-state index contributed by atoms with van der Waals surface area (Å²) in [6.07, 6.45) is 2.56. The number of hydrogen-bond acceptors (Lipinski definition) is 5. The second-order valence-electron chi connectivity index (χ2n) is 6.06. The number of carbonyl (C=O) groups excluding carboxylic acids is 2. The van der Waals surface area contributed by atoms with Crippen molar-refractivity contribution in [1.82, 2.24) is 10.6 Å². The van der Waals surface area contributed by atoms with Gasteiger partial charge in [0.15, 0.2) is 0 Å². The van der Waals surface area contributed by atoms with E-state index in [4.69, 9.17) is 9.15 Å². The minimum absolute atomic E-state index is 0.177. The molecule has 0 spiro atoms. The van der Waals surface area contributed by atoms with Crippen LogP contribution in [0.5, 0.6) is 0 Å². The lowest BCUT2D eigenvalue weighted by Gasteiger charge is -2.29. The third-order valence-corrected chi connectivity index (χ3v) is 4.42. The number of methoxy groups -OCH3 is 1. The minimum atomic E-state index is -0.665. The quantitative estimate of drug-likeness (QED) is 0.576. The van der Waals surface area contributed by atoms with Crippen LogP contribution in [-0.4, -0.2) is 45.2 Å². The molecule has 0 aliphatic carbocycles. The largest absolute Gasteiger partial charge is 0.467 e. The average molecular weight is 357 g/mol. The molecule has 0 saturated carbocycles. The van der Waals surface area contributed by atoms with Crippen molar-refractivity contribution in [2.45, 2.75) is 12.5 Å². The fraction of sp³-hybridized carbons (Fsp3) is 0.368. The molecule has 0 fully saturated rings. The molecule has 2 amide bonds. The second kappa shape index (κ2) is 8.53. The summed E-state index contributed by atoms with van der Waals surface area (Å²) in [5.41, 5.74) is 2.40. The van der Waals surface area contributed by atoms with Crippen molar-refractivity contribution in [3.63, 3.8) is 0 Å². The van der Waals surface area contributed by atoms with Crippen molar-refractivity contribution >= 4 is 17.5 Å². The molecule has 0 saturated heterocycles. The third-order valence-electron chi connectivity index (χ3n) is 4.42. The summed E-state index contributed by atoms with van der Waals surface area (Å²) in [5, 5.41) is 5.23. The van der Waals surface area contributed by atoms with E-state index in [1.54, 1.807) is 6.26 Å². The summed E-state index contributed by atoms with van der Waals surface area (Å²) in [5.74, 6) is -0.575. The zero-order valence-electron chi connectivity index (χ0n) is 14.7. The Morgan fingerprint density at radius 3 is 2.77 bits per heavy atom. The molecule has 2 aromatic rings. The van der Waals surface area contributed by atoms with Crippen LogP contribution in [0.15, 0.2) is 47.1 Å². The lowest BCUT2D eigenvalue weighted by molar-refractivity contribution is -0.139. The molecule has 0 bridgehead atoms. The Bertz CT molecular complexity index is 745. The molecule has 3 rings (SSSR count). The molecule has 138 valence electrons. The van der Waals surface area contributed by atoms with Crippen LogP contribution in [0.25, 0.3) is 0 Å². The summed E-state index contributed by atoms with van der Waals surface area (Å²) in [6, 6.07) is 11.7. The van der Waals surface area contributed by atoms with E-state index >= 15 is 0 Å².